The van der Waals surface area contributed by atoms with Crippen molar-refractivity contribution in [3.63, 3.8) is 0 Å². The van der Waals surface area contributed by atoms with E-state index in [9.17, 15) is 4.39 Å². The molecule has 1 nitrogen and oxygen atoms in total. The quantitative estimate of drug-likeness (QED) is 0.892. The summed E-state index contributed by atoms with van der Waals surface area (Å²) in [5.74, 6) is 0.703. The SMILES string of the molecule is Fc1cc(Br)cc(CC2(C3CCCC3)CNC2)c1. The van der Waals surface area contributed by atoms with Crippen LogP contribution in [0.1, 0.15) is 31.2 Å². The molecule has 1 aliphatic carbocycles. The van der Waals surface area contributed by atoms with E-state index in [0.717, 1.165) is 35.5 Å². The van der Waals surface area contributed by atoms with Crippen LogP contribution in [0.2, 0.25) is 0 Å². The van der Waals surface area contributed by atoms with Gasteiger partial charge < -0.3 is 5.32 Å². The molecular formula is C15H19BrFN. The van der Waals surface area contributed by atoms with Crippen LogP contribution in [0.25, 0.3) is 0 Å². The highest BCUT2D eigenvalue weighted by Crippen LogP contribution is 2.45. The minimum Gasteiger partial charge on any atom is -0.315 e. The van der Waals surface area contributed by atoms with E-state index in [-0.39, 0.29) is 5.82 Å². The number of hydrogen-bond acceptors (Lipinski definition) is 1. The van der Waals surface area contributed by atoms with Gasteiger partial charge in [-0.25, -0.2) is 4.39 Å². The third-order valence-corrected chi connectivity index (χ3v) is 5.11. The van der Waals surface area contributed by atoms with Crippen LogP contribution >= 0.6 is 15.9 Å². The van der Waals surface area contributed by atoms with Gasteiger partial charge in [-0.3, -0.25) is 0 Å². The molecule has 1 N–H and O–H groups in total. The van der Waals surface area contributed by atoms with Crippen molar-refractivity contribution in [1.29, 1.82) is 0 Å². The van der Waals surface area contributed by atoms with Gasteiger partial charge in [-0.2, -0.15) is 0 Å². The molecule has 3 rings (SSSR count). The molecule has 1 aliphatic heterocycles. The van der Waals surface area contributed by atoms with Crippen molar-refractivity contribution in [2.75, 3.05) is 13.1 Å². The average molecular weight is 312 g/mol. The molecular weight excluding hydrogens is 293 g/mol. The highest BCUT2D eigenvalue weighted by Gasteiger charge is 2.44. The number of nitrogens with one attached hydrogen (secondary N) is 1. The van der Waals surface area contributed by atoms with E-state index in [1.807, 2.05) is 0 Å². The predicted octanol–water partition coefficient (Wildman–Crippen LogP) is 3.91. The van der Waals surface area contributed by atoms with Crippen LogP contribution in [0.4, 0.5) is 4.39 Å². The minimum atomic E-state index is -0.131. The van der Waals surface area contributed by atoms with Crippen molar-refractivity contribution >= 4 is 15.9 Å². The normalized spacial score (nSPS) is 23.0. The Bertz CT molecular complexity index is 416. The Morgan fingerprint density at radius 2 is 1.94 bits per heavy atom. The van der Waals surface area contributed by atoms with Gasteiger partial charge in [-0.1, -0.05) is 28.8 Å². The van der Waals surface area contributed by atoms with Crippen LogP contribution in [0.5, 0.6) is 0 Å². The molecule has 0 spiro atoms. The summed E-state index contributed by atoms with van der Waals surface area (Å²) in [5, 5.41) is 3.42. The Balaban J connectivity index is 1.80. The summed E-state index contributed by atoms with van der Waals surface area (Å²) in [6, 6.07) is 5.29. The molecule has 1 aromatic carbocycles. The van der Waals surface area contributed by atoms with Crippen molar-refractivity contribution in [3.8, 4) is 0 Å². The van der Waals surface area contributed by atoms with Crippen molar-refractivity contribution in [2.24, 2.45) is 11.3 Å². The van der Waals surface area contributed by atoms with Gasteiger partial charge in [0, 0.05) is 23.0 Å². The molecule has 3 heteroatoms. The smallest absolute Gasteiger partial charge is 0.124 e. The highest BCUT2D eigenvalue weighted by molar-refractivity contribution is 9.10. The van der Waals surface area contributed by atoms with Crippen LogP contribution < -0.4 is 5.32 Å². The summed E-state index contributed by atoms with van der Waals surface area (Å²) < 4.78 is 14.3. The van der Waals surface area contributed by atoms with Gasteiger partial charge in [0.2, 0.25) is 0 Å². The van der Waals surface area contributed by atoms with Crippen LogP contribution in [-0.2, 0) is 6.42 Å². The zero-order valence-electron chi connectivity index (χ0n) is 10.5. The molecule has 1 saturated carbocycles. The molecule has 98 valence electrons. The van der Waals surface area contributed by atoms with Gasteiger partial charge in [0.25, 0.3) is 0 Å². The maximum atomic E-state index is 13.5. The molecule has 1 heterocycles. The lowest BCUT2D eigenvalue weighted by molar-refractivity contribution is 0.0811. The van der Waals surface area contributed by atoms with Gasteiger partial charge in [0.1, 0.15) is 5.82 Å². The summed E-state index contributed by atoms with van der Waals surface area (Å²) in [6.45, 7) is 2.21. The fourth-order valence-corrected chi connectivity index (χ4v) is 4.17. The first-order valence-corrected chi connectivity index (χ1v) is 7.63. The molecule has 2 fully saturated rings. The molecule has 0 bridgehead atoms. The first-order valence-electron chi connectivity index (χ1n) is 6.84. The summed E-state index contributed by atoms with van der Waals surface area (Å²) in [6.07, 6.45) is 6.48. The lowest BCUT2D eigenvalue weighted by atomic mass is 9.66. The van der Waals surface area contributed by atoms with Crippen LogP contribution in [-0.4, -0.2) is 13.1 Å². The Morgan fingerprint density at radius 1 is 1.22 bits per heavy atom. The van der Waals surface area contributed by atoms with Gasteiger partial charge in [0.15, 0.2) is 0 Å². The molecule has 1 aromatic rings. The molecule has 0 radical (unpaired) electrons. The molecule has 0 unspecified atom stereocenters. The summed E-state index contributed by atoms with van der Waals surface area (Å²) >= 11 is 3.39. The van der Waals surface area contributed by atoms with E-state index in [1.54, 1.807) is 6.07 Å². The van der Waals surface area contributed by atoms with Crippen LogP contribution in [0.3, 0.4) is 0 Å². The highest BCUT2D eigenvalue weighted by atomic mass is 79.9. The van der Waals surface area contributed by atoms with Crippen LogP contribution in [0.15, 0.2) is 22.7 Å². The first-order chi connectivity index (χ1) is 8.68. The van der Waals surface area contributed by atoms with E-state index in [1.165, 1.54) is 31.7 Å². The zero-order chi connectivity index (χ0) is 12.6. The Hall–Kier alpha value is -0.410. The maximum absolute atomic E-state index is 13.5. The van der Waals surface area contributed by atoms with Crippen molar-refractivity contribution in [1.82, 2.24) is 5.32 Å². The Labute approximate surface area is 116 Å². The van der Waals surface area contributed by atoms with E-state index >= 15 is 0 Å². The third kappa shape index (κ3) is 2.35. The standard InChI is InChI=1S/C15H19BrFN/c16-13-5-11(6-14(17)7-13)8-15(9-18-10-15)12-3-1-2-4-12/h5-7,12,18H,1-4,8-10H2. The molecule has 2 aliphatic rings. The monoisotopic (exact) mass is 311 g/mol. The second-order valence-electron chi connectivity index (χ2n) is 5.90. The predicted molar refractivity (Wildman–Crippen MR) is 75.1 cm³/mol. The Kier molecular flexibility index (Phi) is 3.46. The molecule has 0 atom stereocenters. The lowest BCUT2D eigenvalue weighted by Crippen LogP contribution is -2.58. The van der Waals surface area contributed by atoms with Gasteiger partial charge in [-0.05, 0) is 48.9 Å². The third-order valence-electron chi connectivity index (χ3n) is 4.65. The Morgan fingerprint density at radius 3 is 2.50 bits per heavy atom. The molecule has 0 aromatic heterocycles. The van der Waals surface area contributed by atoms with E-state index in [4.69, 9.17) is 0 Å². The number of hydrogen-bond donors (Lipinski definition) is 1. The minimum absolute atomic E-state index is 0.131. The molecule has 18 heavy (non-hydrogen) atoms. The second-order valence-corrected chi connectivity index (χ2v) is 6.82. The van der Waals surface area contributed by atoms with Gasteiger partial charge >= 0.3 is 0 Å². The van der Waals surface area contributed by atoms with E-state index in [0.29, 0.717) is 5.41 Å². The number of benzene rings is 1. The second kappa shape index (κ2) is 4.93. The first kappa shape index (κ1) is 12.6. The van der Waals surface area contributed by atoms with Gasteiger partial charge in [-0.15, -0.1) is 0 Å². The van der Waals surface area contributed by atoms with Crippen molar-refractivity contribution in [3.05, 3.63) is 34.1 Å². The number of rotatable bonds is 3. The lowest BCUT2D eigenvalue weighted by Gasteiger charge is -2.48. The number of halogens is 2. The summed E-state index contributed by atoms with van der Waals surface area (Å²) in [4.78, 5) is 0. The van der Waals surface area contributed by atoms with E-state index < -0.39 is 0 Å². The maximum Gasteiger partial charge on any atom is 0.124 e. The summed E-state index contributed by atoms with van der Waals surface area (Å²) in [5.41, 5.74) is 1.53. The van der Waals surface area contributed by atoms with Gasteiger partial charge in [0.05, 0.1) is 0 Å². The van der Waals surface area contributed by atoms with Crippen molar-refractivity contribution < 1.29 is 4.39 Å². The molecule has 1 saturated heterocycles. The molecule has 0 amide bonds. The van der Waals surface area contributed by atoms with E-state index in [2.05, 4.69) is 27.3 Å². The topological polar surface area (TPSA) is 12.0 Å². The summed E-state index contributed by atoms with van der Waals surface area (Å²) in [7, 11) is 0. The zero-order valence-corrected chi connectivity index (χ0v) is 12.1. The fourth-order valence-electron chi connectivity index (χ4n) is 3.66. The van der Waals surface area contributed by atoms with Crippen molar-refractivity contribution in [2.45, 2.75) is 32.1 Å². The fraction of sp³-hybridized carbons (Fsp3) is 0.600. The largest absolute Gasteiger partial charge is 0.315 e. The average Bonchev–Trinajstić information content (AvgIpc) is 2.75. The van der Waals surface area contributed by atoms with Crippen LogP contribution in [0, 0.1) is 17.2 Å².